The highest BCUT2D eigenvalue weighted by Crippen LogP contribution is 2.11. The fraction of sp³-hybridized carbons (Fsp3) is 1.00. The second-order valence-corrected chi connectivity index (χ2v) is 5.45. The maximum absolute atomic E-state index is 2.29. The van der Waals surface area contributed by atoms with Gasteiger partial charge in [0.1, 0.15) is 0 Å². The molecule has 0 aromatic carbocycles. The molecule has 0 saturated heterocycles. The van der Waals surface area contributed by atoms with E-state index in [0.29, 0.717) is 0 Å². The molecular formula is C14H32IP. The quantitative estimate of drug-likeness (QED) is 0.285. The molecule has 0 heterocycles. The molecular weight excluding hydrogens is 326 g/mol. The van der Waals surface area contributed by atoms with Crippen LogP contribution in [0.4, 0.5) is 0 Å². The molecule has 0 bridgehead atoms. The highest BCUT2D eigenvalue weighted by Gasteiger charge is 1.92. The van der Waals surface area contributed by atoms with Crippen molar-refractivity contribution >= 4 is 9.24 Å². The summed E-state index contributed by atoms with van der Waals surface area (Å²) in [7, 11) is 2.11. The van der Waals surface area contributed by atoms with Crippen molar-refractivity contribution in [1.29, 1.82) is 0 Å². The Bertz CT molecular complexity index is 94.9. The predicted octanol–water partition coefficient (Wildman–Crippen LogP) is 2.30. The summed E-state index contributed by atoms with van der Waals surface area (Å²) in [6, 6.07) is 0. The zero-order valence-corrected chi connectivity index (χ0v) is 14.8. The molecule has 16 heavy (non-hydrogen) atoms. The third-order valence-corrected chi connectivity index (χ3v) is 3.60. The van der Waals surface area contributed by atoms with Crippen LogP contribution >= 0.6 is 9.24 Å². The van der Waals surface area contributed by atoms with Crippen molar-refractivity contribution in [3.8, 4) is 0 Å². The molecule has 0 aliphatic carbocycles. The second-order valence-electron chi connectivity index (χ2n) is 4.74. The Morgan fingerprint density at radius 1 is 0.562 bits per heavy atom. The summed E-state index contributed by atoms with van der Waals surface area (Å²) in [5, 5.41) is 0. The molecule has 1 atom stereocenters. The SMILES string of the molecule is CCCCCCCCCCCCCC[PH3+].[I-]. The van der Waals surface area contributed by atoms with Crippen molar-refractivity contribution in [2.24, 2.45) is 0 Å². The van der Waals surface area contributed by atoms with Crippen molar-refractivity contribution in [3.63, 3.8) is 0 Å². The lowest BCUT2D eigenvalue weighted by Gasteiger charge is -2.01. The summed E-state index contributed by atoms with van der Waals surface area (Å²) >= 11 is 0. The third-order valence-electron chi connectivity index (χ3n) is 3.10. The molecule has 0 radical (unpaired) electrons. The largest absolute Gasteiger partial charge is 1.00 e. The van der Waals surface area contributed by atoms with Crippen LogP contribution in [0.3, 0.4) is 0 Å². The molecule has 0 aromatic heterocycles. The first kappa shape index (κ1) is 19.5. The van der Waals surface area contributed by atoms with E-state index in [1.54, 1.807) is 0 Å². The van der Waals surface area contributed by atoms with Gasteiger partial charge in [0.2, 0.25) is 0 Å². The van der Waals surface area contributed by atoms with Crippen LogP contribution < -0.4 is 24.0 Å². The number of rotatable bonds is 12. The minimum atomic E-state index is 0. The maximum Gasteiger partial charge on any atom is 0.0526 e. The van der Waals surface area contributed by atoms with Crippen molar-refractivity contribution in [2.45, 2.75) is 84.0 Å². The Kier molecular flexibility index (Phi) is 22.6. The van der Waals surface area contributed by atoms with E-state index in [1.165, 1.54) is 83.2 Å². The molecule has 0 saturated carbocycles. The van der Waals surface area contributed by atoms with Crippen LogP contribution in [0.1, 0.15) is 84.0 Å². The molecule has 0 aliphatic heterocycles. The van der Waals surface area contributed by atoms with E-state index >= 15 is 0 Å². The van der Waals surface area contributed by atoms with Gasteiger partial charge in [0.15, 0.2) is 0 Å². The molecule has 0 rings (SSSR count). The highest BCUT2D eigenvalue weighted by molar-refractivity contribution is 7.16. The van der Waals surface area contributed by atoms with Crippen molar-refractivity contribution in [3.05, 3.63) is 0 Å². The van der Waals surface area contributed by atoms with E-state index in [-0.39, 0.29) is 24.0 Å². The lowest BCUT2D eigenvalue weighted by atomic mass is 10.1. The van der Waals surface area contributed by atoms with E-state index in [0.717, 1.165) is 0 Å². The van der Waals surface area contributed by atoms with Crippen molar-refractivity contribution in [1.82, 2.24) is 0 Å². The monoisotopic (exact) mass is 358 g/mol. The van der Waals surface area contributed by atoms with E-state index in [9.17, 15) is 0 Å². The minimum Gasteiger partial charge on any atom is -1.00 e. The lowest BCUT2D eigenvalue weighted by molar-refractivity contribution is -0.00000330. The van der Waals surface area contributed by atoms with Gasteiger partial charge < -0.3 is 24.0 Å². The van der Waals surface area contributed by atoms with Gasteiger partial charge in [0.25, 0.3) is 0 Å². The minimum absolute atomic E-state index is 0. The highest BCUT2D eigenvalue weighted by atomic mass is 127. The summed E-state index contributed by atoms with van der Waals surface area (Å²) in [5.41, 5.74) is 0. The van der Waals surface area contributed by atoms with Crippen LogP contribution in [-0.2, 0) is 0 Å². The number of hydrogen-bond donors (Lipinski definition) is 0. The summed E-state index contributed by atoms with van der Waals surface area (Å²) in [4.78, 5) is 0. The molecule has 0 aromatic rings. The third kappa shape index (κ3) is 17.6. The summed E-state index contributed by atoms with van der Waals surface area (Å²) in [6.07, 6.45) is 19.0. The predicted molar refractivity (Wildman–Crippen MR) is 77.1 cm³/mol. The molecule has 1 unspecified atom stereocenters. The number of halogens is 1. The first-order valence-electron chi connectivity index (χ1n) is 7.21. The Balaban J connectivity index is 0. The number of hydrogen-bond acceptors (Lipinski definition) is 0. The van der Waals surface area contributed by atoms with Crippen LogP contribution in [0.25, 0.3) is 0 Å². The van der Waals surface area contributed by atoms with E-state index < -0.39 is 0 Å². The van der Waals surface area contributed by atoms with Gasteiger partial charge in [-0.1, -0.05) is 71.1 Å². The molecule has 0 fully saturated rings. The second kappa shape index (κ2) is 18.5. The van der Waals surface area contributed by atoms with Gasteiger partial charge in [-0.05, 0) is 22.1 Å². The van der Waals surface area contributed by atoms with E-state index in [1.807, 2.05) is 0 Å². The molecule has 0 spiro atoms. The van der Waals surface area contributed by atoms with Gasteiger partial charge >= 0.3 is 0 Å². The van der Waals surface area contributed by atoms with E-state index in [4.69, 9.17) is 0 Å². The van der Waals surface area contributed by atoms with Crippen LogP contribution in [0.15, 0.2) is 0 Å². The molecule has 100 valence electrons. The van der Waals surface area contributed by atoms with E-state index in [2.05, 4.69) is 16.2 Å². The standard InChI is InChI=1S/C14H31P.HI/c1-2-3-4-5-6-7-8-9-10-11-12-13-14-15;/h2-15H2,1H3;1H. The van der Waals surface area contributed by atoms with Crippen LogP contribution in [0.5, 0.6) is 0 Å². The molecule has 0 aliphatic rings. The average Bonchev–Trinajstić information content (AvgIpc) is 2.26. The summed E-state index contributed by atoms with van der Waals surface area (Å²) in [5.74, 6) is 0. The topological polar surface area (TPSA) is 0 Å². The van der Waals surface area contributed by atoms with Crippen LogP contribution in [0.2, 0.25) is 0 Å². The lowest BCUT2D eigenvalue weighted by Crippen LogP contribution is -3.00. The van der Waals surface area contributed by atoms with Gasteiger partial charge in [-0.2, -0.15) is 0 Å². The molecule has 0 nitrogen and oxygen atoms in total. The van der Waals surface area contributed by atoms with Crippen molar-refractivity contribution < 1.29 is 24.0 Å². The Hall–Kier alpha value is 1.16. The van der Waals surface area contributed by atoms with Gasteiger partial charge in [0.05, 0.1) is 6.16 Å². The molecule has 2 heteroatoms. The first-order chi connectivity index (χ1) is 7.41. The Morgan fingerprint density at radius 2 is 0.875 bits per heavy atom. The first-order valence-corrected chi connectivity index (χ1v) is 8.21. The fourth-order valence-electron chi connectivity index (χ4n) is 2.02. The maximum atomic E-state index is 2.29. The molecule has 0 N–H and O–H groups in total. The van der Waals surface area contributed by atoms with Crippen molar-refractivity contribution in [2.75, 3.05) is 6.16 Å². The summed E-state index contributed by atoms with van der Waals surface area (Å²) in [6.45, 7) is 2.29. The Labute approximate surface area is 123 Å². The number of unbranched alkanes of at least 4 members (excludes halogenated alkanes) is 11. The fourth-order valence-corrected chi connectivity index (χ4v) is 2.37. The van der Waals surface area contributed by atoms with Gasteiger partial charge in [-0.15, -0.1) is 0 Å². The normalized spacial score (nSPS) is 10.3. The van der Waals surface area contributed by atoms with Gasteiger partial charge in [-0.3, -0.25) is 0 Å². The Morgan fingerprint density at radius 3 is 1.19 bits per heavy atom. The zero-order chi connectivity index (χ0) is 11.2. The van der Waals surface area contributed by atoms with Crippen LogP contribution in [0, 0.1) is 0 Å². The summed E-state index contributed by atoms with van der Waals surface area (Å²) < 4.78 is 0. The van der Waals surface area contributed by atoms with Crippen LogP contribution in [-0.4, -0.2) is 6.16 Å². The van der Waals surface area contributed by atoms with Gasteiger partial charge in [-0.25, -0.2) is 0 Å². The zero-order valence-electron chi connectivity index (χ0n) is 11.3. The molecule has 0 amide bonds. The smallest absolute Gasteiger partial charge is 0.0526 e. The van der Waals surface area contributed by atoms with Gasteiger partial charge in [0, 0.05) is 0 Å². The average molecular weight is 358 g/mol.